The summed E-state index contributed by atoms with van der Waals surface area (Å²) >= 11 is 6.44. The van der Waals surface area contributed by atoms with Crippen molar-refractivity contribution in [3.05, 3.63) is 28.8 Å². The quantitative estimate of drug-likeness (QED) is 0.772. The maximum Gasteiger partial charge on any atom is 0.0642 e. The highest BCUT2D eigenvalue weighted by atomic mass is 35.5. The molecule has 0 aliphatic rings. The number of benzene rings is 1. The van der Waals surface area contributed by atoms with Crippen LogP contribution in [0.15, 0.2) is 18.2 Å². The van der Waals surface area contributed by atoms with Gasteiger partial charge in [0.05, 0.1) is 10.7 Å². The molecular weight excluding hydrogens is 256 g/mol. The molecule has 0 amide bonds. The van der Waals surface area contributed by atoms with E-state index in [1.807, 2.05) is 0 Å². The molecule has 0 radical (unpaired) electrons. The molecule has 1 aromatic carbocycles. The van der Waals surface area contributed by atoms with Crippen LogP contribution in [0.2, 0.25) is 5.02 Å². The highest BCUT2D eigenvalue weighted by Gasteiger charge is 2.10. The molecule has 0 bridgehead atoms. The molecule has 3 heteroatoms. The van der Waals surface area contributed by atoms with Crippen molar-refractivity contribution < 1.29 is 0 Å². The Morgan fingerprint density at radius 1 is 1.16 bits per heavy atom. The topological polar surface area (TPSA) is 29.3 Å². The van der Waals surface area contributed by atoms with E-state index < -0.39 is 0 Å². The zero-order valence-corrected chi connectivity index (χ0v) is 13.2. The van der Waals surface area contributed by atoms with E-state index in [1.54, 1.807) is 0 Å². The third kappa shape index (κ3) is 5.04. The Bertz CT molecular complexity index is 373. The summed E-state index contributed by atoms with van der Waals surface area (Å²) in [5.74, 6) is 0. The summed E-state index contributed by atoms with van der Waals surface area (Å²) in [6, 6.07) is 6.61. The summed E-state index contributed by atoms with van der Waals surface area (Å²) in [6.45, 7) is 8.63. The molecule has 0 aliphatic carbocycles. The molecule has 108 valence electrons. The Balaban J connectivity index is 2.85. The van der Waals surface area contributed by atoms with Gasteiger partial charge in [-0.05, 0) is 43.4 Å². The standard InChI is InChI=1S/C16H27ClN2/c1-4-9-19(10-5-2)16-8-7-13(12-15(16)17)11-14(18)6-3/h7-8,12,14H,4-6,9-11,18H2,1-3H3. The largest absolute Gasteiger partial charge is 0.370 e. The second-order valence-corrected chi connectivity index (χ2v) is 5.55. The lowest BCUT2D eigenvalue weighted by atomic mass is 10.0. The van der Waals surface area contributed by atoms with Crippen LogP contribution >= 0.6 is 11.6 Å². The molecule has 1 aromatic rings. The molecule has 0 aromatic heterocycles. The van der Waals surface area contributed by atoms with Crippen LogP contribution in [0, 0.1) is 0 Å². The summed E-state index contributed by atoms with van der Waals surface area (Å²) in [6.07, 6.45) is 4.17. The minimum Gasteiger partial charge on any atom is -0.370 e. The summed E-state index contributed by atoms with van der Waals surface area (Å²) in [5.41, 5.74) is 8.38. The zero-order valence-electron chi connectivity index (χ0n) is 12.5. The van der Waals surface area contributed by atoms with Crippen molar-refractivity contribution >= 4 is 17.3 Å². The van der Waals surface area contributed by atoms with Crippen LogP contribution in [-0.2, 0) is 6.42 Å². The first-order chi connectivity index (χ1) is 9.12. The van der Waals surface area contributed by atoms with Crippen molar-refractivity contribution in [2.24, 2.45) is 5.73 Å². The fourth-order valence-corrected chi connectivity index (χ4v) is 2.60. The van der Waals surface area contributed by atoms with Gasteiger partial charge in [-0.15, -0.1) is 0 Å². The van der Waals surface area contributed by atoms with Crippen molar-refractivity contribution in [3.8, 4) is 0 Å². The maximum atomic E-state index is 6.44. The predicted molar refractivity (Wildman–Crippen MR) is 86.2 cm³/mol. The fourth-order valence-electron chi connectivity index (χ4n) is 2.27. The minimum atomic E-state index is 0.226. The average Bonchev–Trinajstić information content (AvgIpc) is 2.38. The van der Waals surface area contributed by atoms with Gasteiger partial charge in [-0.2, -0.15) is 0 Å². The average molecular weight is 283 g/mol. The number of hydrogen-bond acceptors (Lipinski definition) is 2. The second-order valence-electron chi connectivity index (χ2n) is 5.15. The van der Waals surface area contributed by atoms with E-state index >= 15 is 0 Å². The van der Waals surface area contributed by atoms with Crippen LogP contribution in [0.1, 0.15) is 45.6 Å². The summed E-state index contributed by atoms with van der Waals surface area (Å²) in [4.78, 5) is 2.37. The molecule has 0 heterocycles. The van der Waals surface area contributed by atoms with Crippen LogP contribution < -0.4 is 10.6 Å². The van der Waals surface area contributed by atoms with E-state index in [4.69, 9.17) is 17.3 Å². The zero-order chi connectivity index (χ0) is 14.3. The Labute approximate surface area is 122 Å². The summed E-state index contributed by atoms with van der Waals surface area (Å²) < 4.78 is 0. The maximum absolute atomic E-state index is 6.44. The third-order valence-corrected chi connectivity index (χ3v) is 3.66. The van der Waals surface area contributed by atoms with E-state index in [-0.39, 0.29) is 6.04 Å². The lowest BCUT2D eigenvalue weighted by Gasteiger charge is -2.25. The number of hydrogen-bond donors (Lipinski definition) is 1. The highest BCUT2D eigenvalue weighted by Crippen LogP contribution is 2.27. The van der Waals surface area contributed by atoms with Crippen LogP contribution in [-0.4, -0.2) is 19.1 Å². The van der Waals surface area contributed by atoms with Gasteiger partial charge in [0.1, 0.15) is 0 Å². The molecule has 2 N–H and O–H groups in total. The van der Waals surface area contributed by atoms with Crippen LogP contribution in [0.4, 0.5) is 5.69 Å². The first-order valence-electron chi connectivity index (χ1n) is 7.41. The Kier molecular flexibility index (Phi) is 7.25. The summed E-state index contributed by atoms with van der Waals surface area (Å²) in [5, 5.41) is 0.850. The van der Waals surface area contributed by atoms with Crippen LogP contribution in [0.5, 0.6) is 0 Å². The van der Waals surface area contributed by atoms with E-state index in [2.05, 4.69) is 43.9 Å². The molecule has 19 heavy (non-hydrogen) atoms. The second kappa shape index (κ2) is 8.44. The molecule has 2 nitrogen and oxygen atoms in total. The first-order valence-corrected chi connectivity index (χ1v) is 7.79. The number of nitrogens with two attached hydrogens (primary N) is 1. The Hall–Kier alpha value is -0.730. The third-order valence-electron chi connectivity index (χ3n) is 3.36. The molecule has 0 fully saturated rings. The SMILES string of the molecule is CCCN(CCC)c1ccc(CC(N)CC)cc1Cl. The number of rotatable bonds is 8. The molecule has 0 aliphatic heterocycles. The lowest BCUT2D eigenvalue weighted by Crippen LogP contribution is -2.25. The van der Waals surface area contributed by atoms with Gasteiger partial charge in [0.25, 0.3) is 0 Å². The Morgan fingerprint density at radius 2 is 1.79 bits per heavy atom. The van der Waals surface area contributed by atoms with Gasteiger partial charge < -0.3 is 10.6 Å². The van der Waals surface area contributed by atoms with Gasteiger partial charge in [-0.3, -0.25) is 0 Å². The van der Waals surface area contributed by atoms with Gasteiger partial charge in [0, 0.05) is 19.1 Å². The van der Waals surface area contributed by atoms with Crippen molar-refractivity contribution in [1.29, 1.82) is 0 Å². The van der Waals surface area contributed by atoms with Gasteiger partial charge >= 0.3 is 0 Å². The normalized spacial score (nSPS) is 12.5. The summed E-state index contributed by atoms with van der Waals surface area (Å²) in [7, 11) is 0. The number of halogens is 1. The lowest BCUT2D eigenvalue weighted by molar-refractivity contribution is 0.646. The predicted octanol–water partition coefficient (Wildman–Crippen LogP) is 4.25. The van der Waals surface area contributed by atoms with E-state index in [1.165, 1.54) is 5.56 Å². The monoisotopic (exact) mass is 282 g/mol. The number of anilines is 1. The van der Waals surface area contributed by atoms with Gasteiger partial charge in [-0.1, -0.05) is 38.4 Å². The minimum absolute atomic E-state index is 0.226. The highest BCUT2D eigenvalue weighted by molar-refractivity contribution is 6.33. The molecular formula is C16H27ClN2. The van der Waals surface area contributed by atoms with Crippen molar-refractivity contribution in [2.75, 3.05) is 18.0 Å². The molecule has 1 atom stereocenters. The molecule has 0 saturated carbocycles. The first kappa shape index (κ1) is 16.3. The van der Waals surface area contributed by atoms with Crippen LogP contribution in [0.25, 0.3) is 0 Å². The molecule has 1 rings (SSSR count). The number of nitrogens with zero attached hydrogens (tertiary/aromatic N) is 1. The van der Waals surface area contributed by atoms with Gasteiger partial charge in [0.15, 0.2) is 0 Å². The van der Waals surface area contributed by atoms with Gasteiger partial charge in [0.2, 0.25) is 0 Å². The van der Waals surface area contributed by atoms with E-state index in [0.29, 0.717) is 0 Å². The molecule has 0 spiro atoms. The Morgan fingerprint density at radius 3 is 2.26 bits per heavy atom. The van der Waals surface area contributed by atoms with E-state index in [9.17, 15) is 0 Å². The van der Waals surface area contributed by atoms with Crippen molar-refractivity contribution in [1.82, 2.24) is 0 Å². The van der Waals surface area contributed by atoms with Crippen molar-refractivity contribution in [3.63, 3.8) is 0 Å². The fraction of sp³-hybridized carbons (Fsp3) is 0.625. The van der Waals surface area contributed by atoms with Crippen LogP contribution in [0.3, 0.4) is 0 Å². The smallest absolute Gasteiger partial charge is 0.0642 e. The van der Waals surface area contributed by atoms with Crippen molar-refractivity contribution in [2.45, 2.75) is 52.5 Å². The molecule has 0 saturated heterocycles. The van der Waals surface area contributed by atoms with Gasteiger partial charge in [-0.25, -0.2) is 0 Å². The molecule has 1 unspecified atom stereocenters. The van der Waals surface area contributed by atoms with E-state index in [0.717, 1.165) is 49.5 Å².